The van der Waals surface area contributed by atoms with Gasteiger partial charge in [0, 0.05) is 6.54 Å². The van der Waals surface area contributed by atoms with Crippen molar-refractivity contribution in [3.05, 3.63) is 16.4 Å². The minimum absolute atomic E-state index is 0.0870. The van der Waals surface area contributed by atoms with Crippen LogP contribution in [0.3, 0.4) is 0 Å². The lowest BCUT2D eigenvalue weighted by Crippen LogP contribution is -2.49. The summed E-state index contributed by atoms with van der Waals surface area (Å²) in [7, 11) is 0. The van der Waals surface area contributed by atoms with E-state index in [0.29, 0.717) is 19.0 Å². The third kappa shape index (κ3) is 1.97. The fourth-order valence-electron chi connectivity index (χ4n) is 2.96. The van der Waals surface area contributed by atoms with E-state index in [0.717, 1.165) is 19.3 Å². The predicted octanol–water partition coefficient (Wildman–Crippen LogP) is 0.725. The standard InChI is InChI=1S/C11H15N5O3/c12-10-9(16(17)18)11(14-6-13-10)15-4-5-19-8-3-1-2-7(8)15/h6-8H,1-5H2,(H2,12,13,14). The minimum Gasteiger partial charge on any atom is -0.378 e. The molecule has 2 N–H and O–H groups in total. The van der Waals surface area contributed by atoms with Crippen molar-refractivity contribution in [1.82, 2.24) is 9.97 Å². The maximum atomic E-state index is 11.2. The number of nitro groups is 1. The Morgan fingerprint density at radius 1 is 1.47 bits per heavy atom. The smallest absolute Gasteiger partial charge is 0.353 e. The van der Waals surface area contributed by atoms with Crippen molar-refractivity contribution in [2.45, 2.75) is 31.4 Å². The van der Waals surface area contributed by atoms with Crippen LogP contribution >= 0.6 is 0 Å². The van der Waals surface area contributed by atoms with Crippen molar-refractivity contribution in [3.8, 4) is 0 Å². The lowest BCUT2D eigenvalue weighted by molar-refractivity contribution is -0.383. The number of nitrogens with two attached hydrogens (primary N) is 1. The number of hydrogen-bond acceptors (Lipinski definition) is 7. The van der Waals surface area contributed by atoms with Gasteiger partial charge in [0.05, 0.1) is 23.7 Å². The molecule has 3 rings (SSSR count). The lowest BCUT2D eigenvalue weighted by Gasteiger charge is -2.38. The number of fused-ring (bicyclic) bond motifs is 1. The van der Waals surface area contributed by atoms with E-state index in [-0.39, 0.29) is 23.7 Å². The highest BCUT2D eigenvalue weighted by atomic mass is 16.6. The summed E-state index contributed by atoms with van der Waals surface area (Å²) in [6.07, 6.45) is 4.45. The number of rotatable bonds is 2. The molecule has 2 heterocycles. The van der Waals surface area contributed by atoms with Crippen molar-refractivity contribution < 1.29 is 9.66 Å². The molecule has 102 valence electrons. The molecule has 2 aliphatic rings. The first-order valence-electron chi connectivity index (χ1n) is 6.31. The van der Waals surface area contributed by atoms with E-state index in [1.807, 2.05) is 4.90 Å². The van der Waals surface area contributed by atoms with Gasteiger partial charge in [-0.2, -0.15) is 0 Å². The number of aromatic nitrogens is 2. The monoisotopic (exact) mass is 265 g/mol. The molecule has 8 nitrogen and oxygen atoms in total. The molecule has 8 heteroatoms. The van der Waals surface area contributed by atoms with Gasteiger partial charge in [0.1, 0.15) is 6.33 Å². The van der Waals surface area contributed by atoms with Gasteiger partial charge in [-0.1, -0.05) is 0 Å². The molecular formula is C11H15N5O3. The zero-order valence-corrected chi connectivity index (χ0v) is 10.4. The van der Waals surface area contributed by atoms with Crippen LogP contribution in [-0.2, 0) is 4.74 Å². The van der Waals surface area contributed by atoms with Crippen molar-refractivity contribution in [2.75, 3.05) is 23.8 Å². The quantitative estimate of drug-likeness (QED) is 0.620. The molecule has 0 bridgehead atoms. The van der Waals surface area contributed by atoms with Crippen LogP contribution in [0.1, 0.15) is 19.3 Å². The maximum absolute atomic E-state index is 11.2. The van der Waals surface area contributed by atoms with E-state index in [9.17, 15) is 10.1 Å². The Balaban J connectivity index is 2.01. The van der Waals surface area contributed by atoms with Crippen LogP contribution in [0.4, 0.5) is 17.3 Å². The molecule has 0 spiro atoms. The summed E-state index contributed by atoms with van der Waals surface area (Å²) in [5.74, 6) is 0.230. The van der Waals surface area contributed by atoms with E-state index < -0.39 is 4.92 Å². The molecule has 1 aromatic rings. The van der Waals surface area contributed by atoms with Gasteiger partial charge in [-0.15, -0.1) is 0 Å². The summed E-state index contributed by atoms with van der Waals surface area (Å²) in [5, 5.41) is 11.2. The van der Waals surface area contributed by atoms with Crippen LogP contribution in [0.15, 0.2) is 6.33 Å². The summed E-state index contributed by atoms with van der Waals surface area (Å²) < 4.78 is 5.70. The topological polar surface area (TPSA) is 107 Å². The number of hydrogen-bond donors (Lipinski definition) is 1. The van der Waals surface area contributed by atoms with E-state index >= 15 is 0 Å². The first-order valence-corrected chi connectivity index (χ1v) is 6.31. The van der Waals surface area contributed by atoms with Gasteiger partial charge in [-0.3, -0.25) is 10.1 Å². The average Bonchev–Trinajstić information content (AvgIpc) is 2.85. The van der Waals surface area contributed by atoms with Crippen molar-refractivity contribution in [2.24, 2.45) is 0 Å². The highest BCUT2D eigenvalue weighted by Gasteiger charge is 2.39. The summed E-state index contributed by atoms with van der Waals surface area (Å²) in [5.41, 5.74) is 5.42. The number of anilines is 2. The number of morpholine rings is 1. The zero-order chi connectivity index (χ0) is 13.4. The van der Waals surface area contributed by atoms with E-state index in [2.05, 4.69) is 9.97 Å². The average molecular weight is 265 g/mol. The highest BCUT2D eigenvalue weighted by molar-refractivity contribution is 5.69. The SMILES string of the molecule is Nc1ncnc(N2CCOC3CCCC32)c1[N+](=O)[O-]. The summed E-state index contributed by atoms with van der Waals surface area (Å²) in [6.45, 7) is 1.15. The Bertz CT molecular complexity index is 509. The van der Waals surface area contributed by atoms with Crippen LogP contribution in [0.5, 0.6) is 0 Å². The second kappa shape index (κ2) is 4.61. The second-order valence-electron chi connectivity index (χ2n) is 4.79. The molecule has 2 atom stereocenters. The Labute approximate surface area is 109 Å². The number of nitrogens with zero attached hydrogens (tertiary/aromatic N) is 4. The molecule has 2 fully saturated rings. The molecule has 2 unspecified atom stereocenters. The summed E-state index contributed by atoms with van der Waals surface area (Å²) in [6, 6.07) is 0.154. The molecule has 1 aliphatic carbocycles. The van der Waals surface area contributed by atoms with E-state index in [4.69, 9.17) is 10.5 Å². The number of nitrogen functional groups attached to an aromatic ring is 1. The highest BCUT2D eigenvalue weighted by Crippen LogP contribution is 2.37. The molecular weight excluding hydrogens is 250 g/mol. The first kappa shape index (κ1) is 12.1. The molecule has 0 radical (unpaired) electrons. The van der Waals surface area contributed by atoms with Gasteiger partial charge in [-0.25, -0.2) is 9.97 Å². The van der Waals surface area contributed by atoms with Crippen molar-refractivity contribution >= 4 is 17.3 Å². The summed E-state index contributed by atoms with van der Waals surface area (Å²) >= 11 is 0. The van der Waals surface area contributed by atoms with Crippen LogP contribution < -0.4 is 10.6 Å². The molecule has 0 amide bonds. The van der Waals surface area contributed by atoms with Crippen LogP contribution in [0.2, 0.25) is 0 Å². The third-order valence-corrected chi connectivity index (χ3v) is 3.77. The Kier molecular flexibility index (Phi) is 2.94. The van der Waals surface area contributed by atoms with E-state index in [1.54, 1.807) is 0 Å². The van der Waals surface area contributed by atoms with Crippen molar-refractivity contribution in [1.29, 1.82) is 0 Å². The van der Waals surface area contributed by atoms with Gasteiger partial charge < -0.3 is 15.4 Å². The molecule has 19 heavy (non-hydrogen) atoms. The first-order chi connectivity index (χ1) is 9.18. The van der Waals surface area contributed by atoms with Crippen LogP contribution in [0.25, 0.3) is 0 Å². The van der Waals surface area contributed by atoms with Gasteiger partial charge in [0.2, 0.25) is 11.6 Å². The maximum Gasteiger partial charge on any atom is 0.353 e. The molecule has 1 saturated heterocycles. The minimum atomic E-state index is -0.510. The summed E-state index contributed by atoms with van der Waals surface area (Å²) in [4.78, 5) is 20.4. The molecule has 1 saturated carbocycles. The fraction of sp³-hybridized carbons (Fsp3) is 0.636. The van der Waals surface area contributed by atoms with Crippen LogP contribution in [-0.4, -0.2) is 40.2 Å². The Morgan fingerprint density at radius 2 is 2.32 bits per heavy atom. The van der Waals surface area contributed by atoms with Crippen molar-refractivity contribution in [3.63, 3.8) is 0 Å². The molecule has 0 aromatic carbocycles. The van der Waals surface area contributed by atoms with Crippen LogP contribution in [0, 0.1) is 10.1 Å². The van der Waals surface area contributed by atoms with Gasteiger partial charge in [0.15, 0.2) is 0 Å². The largest absolute Gasteiger partial charge is 0.378 e. The van der Waals surface area contributed by atoms with Gasteiger partial charge >= 0.3 is 5.69 Å². The lowest BCUT2D eigenvalue weighted by atomic mass is 10.1. The van der Waals surface area contributed by atoms with Gasteiger partial charge in [0.25, 0.3) is 0 Å². The number of ether oxygens (including phenoxy) is 1. The zero-order valence-electron chi connectivity index (χ0n) is 10.4. The van der Waals surface area contributed by atoms with Gasteiger partial charge in [-0.05, 0) is 19.3 Å². The van der Waals surface area contributed by atoms with E-state index in [1.165, 1.54) is 6.33 Å². The third-order valence-electron chi connectivity index (χ3n) is 3.77. The molecule has 1 aliphatic heterocycles. The normalized spacial score (nSPS) is 26.2. The Morgan fingerprint density at radius 3 is 3.11 bits per heavy atom. The molecule has 1 aromatic heterocycles. The fourth-order valence-corrected chi connectivity index (χ4v) is 2.96. The second-order valence-corrected chi connectivity index (χ2v) is 4.79. The Hall–Kier alpha value is -1.96. The predicted molar refractivity (Wildman–Crippen MR) is 67.8 cm³/mol.